The second kappa shape index (κ2) is 11.6. The van der Waals surface area contributed by atoms with Gasteiger partial charge in [0, 0.05) is 11.6 Å². The van der Waals surface area contributed by atoms with E-state index in [9.17, 15) is 0 Å². The molecule has 0 aliphatic heterocycles. The third-order valence-electron chi connectivity index (χ3n) is 11.4. The third-order valence-corrected chi connectivity index (χ3v) is 11.4. The second-order valence-corrected chi connectivity index (χ2v) is 14.2. The number of benzene rings is 7. The lowest BCUT2D eigenvalue weighted by molar-refractivity contribution is 0.683. The van der Waals surface area contributed by atoms with Gasteiger partial charge in [0.25, 0.3) is 0 Å². The maximum Gasteiger partial charge on any atom is 0.0921 e. The number of para-hydroxylation sites is 1. The van der Waals surface area contributed by atoms with Crippen LogP contribution in [-0.2, 0) is 12.8 Å². The van der Waals surface area contributed by atoms with Gasteiger partial charge in [0.2, 0.25) is 0 Å². The van der Waals surface area contributed by atoms with E-state index >= 15 is 0 Å². The zero-order valence-electron chi connectivity index (χ0n) is 28.7. The molecule has 2 aliphatic rings. The van der Waals surface area contributed by atoms with E-state index in [1.54, 1.807) is 0 Å². The molecule has 2 heterocycles. The Morgan fingerprint density at radius 3 is 1.75 bits per heavy atom. The zero-order valence-corrected chi connectivity index (χ0v) is 28.7. The average Bonchev–Trinajstić information content (AvgIpc) is 3.55. The highest BCUT2D eigenvalue weighted by atomic mass is 14.8. The van der Waals surface area contributed by atoms with Gasteiger partial charge in [-0.2, -0.15) is 0 Å². The maximum atomic E-state index is 5.26. The molecule has 11 rings (SSSR count). The first-order chi connectivity index (χ1) is 25.8. The van der Waals surface area contributed by atoms with Crippen LogP contribution in [0.1, 0.15) is 24.0 Å². The summed E-state index contributed by atoms with van der Waals surface area (Å²) in [5.74, 6) is 0. The van der Waals surface area contributed by atoms with Crippen LogP contribution in [0.4, 0.5) is 0 Å². The molecule has 0 unspecified atom stereocenters. The van der Waals surface area contributed by atoms with Crippen molar-refractivity contribution >= 4 is 32.4 Å². The van der Waals surface area contributed by atoms with E-state index in [1.807, 2.05) is 6.20 Å². The molecule has 0 spiro atoms. The molecule has 52 heavy (non-hydrogen) atoms. The van der Waals surface area contributed by atoms with E-state index in [1.165, 1.54) is 101 Å². The lowest BCUT2D eigenvalue weighted by atomic mass is 9.82. The first kappa shape index (κ1) is 29.4. The molecule has 2 aliphatic carbocycles. The van der Waals surface area contributed by atoms with Crippen molar-refractivity contribution < 1.29 is 0 Å². The smallest absolute Gasteiger partial charge is 0.0921 e. The zero-order chi connectivity index (χ0) is 34.2. The van der Waals surface area contributed by atoms with Crippen LogP contribution in [-0.4, -0.2) is 9.97 Å². The highest BCUT2D eigenvalue weighted by Gasteiger charge is 2.31. The monoisotopic (exact) mass is 662 g/mol. The molecule has 0 atom stereocenters. The molecule has 0 radical (unpaired) electrons. The molecule has 244 valence electrons. The number of aryl methyl sites for hydroxylation is 1. The number of aromatic nitrogens is 2. The van der Waals surface area contributed by atoms with Crippen LogP contribution < -0.4 is 0 Å². The standard InChI is InChI=1S/C50H34N2/c1-3-15-32(16-4-1)45-38-21-9-10-22-39(38)46(33-17-5-2-6-18-33)49-41-27-26-35(37-23-13-24-40(47(37)41)48(45)49)42-30-44(52-43-25-12-11-20-36(42)43)50-34-19-8-7-14-31(34)28-29-51-50/h1-6,9-13,15-18,20-30H,7-8,14,19H2. The number of hydrogen-bond donors (Lipinski definition) is 0. The van der Waals surface area contributed by atoms with E-state index in [2.05, 4.69) is 152 Å². The minimum atomic E-state index is 0.961. The molecular weight excluding hydrogens is 629 g/mol. The summed E-state index contributed by atoms with van der Waals surface area (Å²) >= 11 is 0. The summed E-state index contributed by atoms with van der Waals surface area (Å²) in [6, 6.07) is 55.7. The molecule has 7 aromatic carbocycles. The molecule has 0 fully saturated rings. The highest BCUT2D eigenvalue weighted by molar-refractivity contribution is 6.29. The van der Waals surface area contributed by atoms with Gasteiger partial charge < -0.3 is 0 Å². The van der Waals surface area contributed by atoms with Gasteiger partial charge in [0.15, 0.2) is 0 Å². The predicted molar refractivity (Wildman–Crippen MR) is 217 cm³/mol. The summed E-state index contributed by atoms with van der Waals surface area (Å²) in [4.78, 5) is 10.2. The van der Waals surface area contributed by atoms with Crippen molar-refractivity contribution in [2.75, 3.05) is 0 Å². The SMILES string of the molecule is c1ccc(-c2c3c(c(-c4ccccc4)c4ccccc24)-c2ccc(-c4cc(-c5nccc6c5CCCC6)nc5ccccc45)c4cccc-3c24)cc1. The summed E-state index contributed by atoms with van der Waals surface area (Å²) < 4.78 is 0. The van der Waals surface area contributed by atoms with Crippen LogP contribution in [0, 0.1) is 0 Å². The van der Waals surface area contributed by atoms with Crippen molar-refractivity contribution in [3.05, 3.63) is 169 Å². The van der Waals surface area contributed by atoms with Gasteiger partial charge in [0.1, 0.15) is 0 Å². The topological polar surface area (TPSA) is 25.8 Å². The van der Waals surface area contributed by atoms with Gasteiger partial charge in [-0.1, -0.05) is 133 Å². The van der Waals surface area contributed by atoms with Crippen LogP contribution in [0.25, 0.3) is 99.5 Å². The van der Waals surface area contributed by atoms with Crippen LogP contribution in [0.15, 0.2) is 158 Å². The average molecular weight is 663 g/mol. The van der Waals surface area contributed by atoms with Gasteiger partial charge >= 0.3 is 0 Å². The molecule has 0 saturated heterocycles. The van der Waals surface area contributed by atoms with Crippen LogP contribution in [0.5, 0.6) is 0 Å². The van der Waals surface area contributed by atoms with E-state index in [4.69, 9.17) is 9.97 Å². The minimum absolute atomic E-state index is 0.961. The summed E-state index contributed by atoms with van der Waals surface area (Å²) in [5, 5.41) is 6.29. The summed E-state index contributed by atoms with van der Waals surface area (Å²) in [5.41, 5.74) is 18.5. The van der Waals surface area contributed by atoms with Crippen LogP contribution in [0.2, 0.25) is 0 Å². The molecule has 0 saturated carbocycles. The Kier molecular flexibility index (Phi) is 6.54. The van der Waals surface area contributed by atoms with Crippen molar-refractivity contribution in [3.8, 4) is 67.0 Å². The van der Waals surface area contributed by atoms with Gasteiger partial charge in [-0.3, -0.25) is 4.98 Å². The van der Waals surface area contributed by atoms with Gasteiger partial charge in [-0.05, 0) is 132 Å². The summed E-state index contributed by atoms with van der Waals surface area (Å²) in [6.45, 7) is 0. The van der Waals surface area contributed by atoms with E-state index < -0.39 is 0 Å². The largest absolute Gasteiger partial charge is 0.254 e. The Morgan fingerprint density at radius 2 is 1.02 bits per heavy atom. The van der Waals surface area contributed by atoms with Crippen molar-refractivity contribution in [2.45, 2.75) is 25.7 Å². The first-order valence-electron chi connectivity index (χ1n) is 18.5. The van der Waals surface area contributed by atoms with Crippen molar-refractivity contribution in [1.82, 2.24) is 9.97 Å². The quantitative estimate of drug-likeness (QED) is 0.187. The maximum absolute atomic E-state index is 5.26. The lowest BCUT2D eigenvalue weighted by Gasteiger charge is -2.20. The number of nitrogens with zero attached hydrogens (tertiary/aromatic N) is 2. The Labute approximate surface area is 303 Å². The summed E-state index contributed by atoms with van der Waals surface area (Å²) in [7, 11) is 0. The Hall–Kier alpha value is -6.38. The van der Waals surface area contributed by atoms with Crippen LogP contribution >= 0.6 is 0 Å². The van der Waals surface area contributed by atoms with Crippen molar-refractivity contribution in [3.63, 3.8) is 0 Å². The molecule has 0 amide bonds. The fourth-order valence-corrected chi connectivity index (χ4v) is 9.25. The summed E-state index contributed by atoms with van der Waals surface area (Å²) in [6.07, 6.45) is 6.59. The van der Waals surface area contributed by atoms with Crippen LogP contribution in [0.3, 0.4) is 0 Å². The molecule has 2 aromatic heterocycles. The molecule has 9 aromatic rings. The Bertz CT molecular complexity index is 2800. The molecule has 2 nitrogen and oxygen atoms in total. The van der Waals surface area contributed by atoms with Gasteiger partial charge in [0.05, 0.1) is 16.9 Å². The van der Waals surface area contributed by atoms with Crippen molar-refractivity contribution in [2.24, 2.45) is 0 Å². The fourth-order valence-electron chi connectivity index (χ4n) is 9.25. The van der Waals surface area contributed by atoms with E-state index in [0.29, 0.717) is 0 Å². The molecule has 2 heteroatoms. The van der Waals surface area contributed by atoms with Crippen molar-refractivity contribution in [1.29, 1.82) is 0 Å². The third kappa shape index (κ3) is 4.31. The molecular formula is C50H34N2. The van der Waals surface area contributed by atoms with Gasteiger partial charge in [-0.15, -0.1) is 0 Å². The lowest BCUT2D eigenvalue weighted by Crippen LogP contribution is -2.06. The highest BCUT2D eigenvalue weighted by Crippen LogP contribution is 2.58. The normalized spacial score (nSPS) is 13.1. The number of hydrogen-bond acceptors (Lipinski definition) is 2. The Morgan fingerprint density at radius 1 is 0.423 bits per heavy atom. The van der Waals surface area contributed by atoms with E-state index in [-0.39, 0.29) is 0 Å². The second-order valence-electron chi connectivity index (χ2n) is 14.2. The molecule has 0 bridgehead atoms. The number of rotatable bonds is 4. The molecule has 0 N–H and O–H groups in total. The fraction of sp³-hybridized carbons (Fsp3) is 0.0800. The minimum Gasteiger partial charge on any atom is -0.254 e. The number of fused-ring (bicyclic) bond motifs is 6. The van der Waals surface area contributed by atoms with E-state index in [0.717, 1.165) is 35.1 Å². The van der Waals surface area contributed by atoms with Gasteiger partial charge in [-0.25, -0.2) is 4.98 Å². The Balaban J connectivity index is 1.24. The first-order valence-corrected chi connectivity index (χ1v) is 18.5. The number of pyridine rings is 2. The predicted octanol–water partition coefficient (Wildman–Crippen LogP) is 13.1.